The fourth-order valence-corrected chi connectivity index (χ4v) is 3.54. The number of aromatic nitrogens is 2. The molecule has 1 aromatic heterocycles. The van der Waals surface area contributed by atoms with Gasteiger partial charge in [-0.3, -0.25) is 14.6 Å². The highest BCUT2D eigenvalue weighted by Crippen LogP contribution is 2.22. The Balaban J connectivity index is 1.38. The van der Waals surface area contributed by atoms with Crippen molar-refractivity contribution in [2.75, 3.05) is 29.9 Å². The number of likely N-dealkylation sites (tertiary alicyclic amines) is 1. The number of hydrogen-bond acceptors (Lipinski definition) is 5. The maximum Gasteiger partial charge on any atom is 0.274 e. The summed E-state index contributed by atoms with van der Waals surface area (Å²) < 4.78 is 0. The third-order valence-electron chi connectivity index (χ3n) is 5.04. The standard InChI is InChI=1S/C20H23N5O2/c26-19-4-3-11-25(19)16-7-5-15(6-8-16)12-22-18-14-21-13-17(23-18)20(27)24-9-1-2-10-24/h5-8,13-14H,1-4,9-12H2,(H,22,23). The molecule has 0 unspecified atom stereocenters. The largest absolute Gasteiger partial charge is 0.365 e. The molecule has 3 heterocycles. The first-order valence-corrected chi connectivity index (χ1v) is 9.45. The summed E-state index contributed by atoms with van der Waals surface area (Å²) in [6, 6.07) is 7.94. The number of nitrogens with one attached hydrogen (secondary N) is 1. The quantitative estimate of drug-likeness (QED) is 0.881. The number of nitrogens with zero attached hydrogens (tertiary/aromatic N) is 4. The lowest BCUT2D eigenvalue weighted by molar-refractivity contribution is -0.117. The maximum atomic E-state index is 12.4. The van der Waals surface area contributed by atoms with E-state index in [0.29, 0.717) is 24.5 Å². The van der Waals surface area contributed by atoms with Crippen LogP contribution in [0.1, 0.15) is 41.7 Å². The third-order valence-corrected chi connectivity index (χ3v) is 5.04. The van der Waals surface area contributed by atoms with Crippen LogP contribution in [0.2, 0.25) is 0 Å². The summed E-state index contributed by atoms with van der Waals surface area (Å²) in [6.07, 6.45) is 6.81. The van der Waals surface area contributed by atoms with E-state index >= 15 is 0 Å². The lowest BCUT2D eigenvalue weighted by atomic mass is 10.2. The van der Waals surface area contributed by atoms with E-state index in [9.17, 15) is 9.59 Å². The van der Waals surface area contributed by atoms with Crippen molar-refractivity contribution in [2.45, 2.75) is 32.2 Å². The van der Waals surface area contributed by atoms with Crippen LogP contribution in [0, 0.1) is 0 Å². The second-order valence-electron chi connectivity index (χ2n) is 6.96. The number of carbonyl (C=O) groups excluding carboxylic acids is 2. The van der Waals surface area contributed by atoms with Crippen LogP contribution < -0.4 is 10.2 Å². The van der Waals surface area contributed by atoms with Crippen molar-refractivity contribution in [1.82, 2.24) is 14.9 Å². The molecule has 0 aliphatic carbocycles. The predicted octanol–water partition coefficient (Wildman–Crippen LogP) is 2.45. The van der Waals surface area contributed by atoms with Crippen LogP contribution >= 0.6 is 0 Å². The normalized spacial score (nSPS) is 16.8. The highest BCUT2D eigenvalue weighted by atomic mass is 16.2. The smallest absolute Gasteiger partial charge is 0.274 e. The van der Waals surface area contributed by atoms with Crippen LogP contribution in [0.15, 0.2) is 36.7 Å². The zero-order chi connectivity index (χ0) is 18.6. The monoisotopic (exact) mass is 365 g/mol. The molecule has 2 aliphatic rings. The predicted molar refractivity (Wildman–Crippen MR) is 103 cm³/mol. The Morgan fingerprint density at radius 3 is 2.52 bits per heavy atom. The number of rotatable bonds is 5. The van der Waals surface area contributed by atoms with Crippen molar-refractivity contribution in [1.29, 1.82) is 0 Å². The van der Waals surface area contributed by atoms with Gasteiger partial charge in [-0.25, -0.2) is 4.98 Å². The number of carbonyl (C=O) groups is 2. The molecule has 0 radical (unpaired) electrons. The molecule has 2 aliphatic heterocycles. The van der Waals surface area contributed by atoms with E-state index in [1.54, 1.807) is 6.20 Å². The molecular weight excluding hydrogens is 342 g/mol. The molecule has 1 N–H and O–H groups in total. The summed E-state index contributed by atoms with van der Waals surface area (Å²) in [7, 11) is 0. The number of amides is 2. The van der Waals surface area contributed by atoms with Crippen LogP contribution in [0.4, 0.5) is 11.5 Å². The summed E-state index contributed by atoms with van der Waals surface area (Å²) in [4.78, 5) is 36.5. The van der Waals surface area contributed by atoms with E-state index in [-0.39, 0.29) is 11.8 Å². The summed E-state index contributed by atoms with van der Waals surface area (Å²) >= 11 is 0. The third kappa shape index (κ3) is 3.92. The van der Waals surface area contributed by atoms with Crippen molar-refractivity contribution < 1.29 is 9.59 Å². The number of benzene rings is 1. The second-order valence-corrected chi connectivity index (χ2v) is 6.96. The van der Waals surface area contributed by atoms with Crippen LogP contribution in [0.5, 0.6) is 0 Å². The van der Waals surface area contributed by atoms with Gasteiger partial charge < -0.3 is 15.1 Å². The lowest BCUT2D eigenvalue weighted by Crippen LogP contribution is -2.28. The topological polar surface area (TPSA) is 78.4 Å². The van der Waals surface area contributed by atoms with Gasteiger partial charge in [-0.2, -0.15) is 0 Å². The zero-order valence-electron chi connectivity index (χ0n) is 15.2. The summed E-state index contributed by atoms with van der Waals surface area (Å²) in [5.74, 6) is 0.720. The minimum atomic E-state index is -0.0525. The molecule has 0 bridgehead atoms. The van der Waals surface area contributed by atoms with E-state index in [1.807, 2.05) is 34.1 Å². The lowest BCUT2D eigenvalue weighted by Gasteiger charge is -2.16. The van der Waals surface area contributed by atoms with Crippen molar-refractivity contribution in [3.8, 4) is 0 Å². The fourth-order valence-electron chi connectivity index (χ4n) is 3.54. The van der Waals surface area contributed by atoms with Gasteiger partial charge in [-0.15, -0.1) is 0 Å². The second kappa shape index (κ2) is 7.73. The molecule has 2 aromatic rings. The molecule has 0 atom stereocenters. The molecular formula is C20H23N5O2. The van der Waals surface area contributed by atoms with E-state index in [2.05, 4.69) is 15.3 Å². The van der Waals surface area contributed by atoms with Crippen molar-refractivity contribution in [3.63, 3.8) is 0 Å². The average Bonchev–Trinajstić information content (AvgIpc) is 3.38. The first-order chi connectivity index (χ1) is 13.2. The first-order valence-electron chi connectivity index (χ1n) is 9.45. The van der Waals surface area contributed by atoms with Crippen LogP contribution in [0.3, 0.4) is 0 Å². The van der Waals surface area contributed by atoms with Crippen molar-refractivity contribution in [3.05, 3.63) is 47.9 Å². The molecule has 1 aromatic carbocycles. The van der Waals surface area contributed by atoms with Gasteiger partial charge in [0, 0.05) is 38.3 Å². The van der Waals surface area contributed by atoms with Crippen molar-refractivity contribution >= 4 is 23.3 Å². The van der Waals surface area contributed by atoms with Gasteiger partial charge in [0.05, 0.1) is 12.4 Å². The van der Waals surface area contributed by atoms with Gasteiger partial charge in [0.15, 0.2) is 0 Å². The molecule has 0 saturated carbocycles. The van der Waals surface area contributed by atoms with E-state index in [0.717, 1.165) is 50.1 Å². The van der Waals surface area contributed by atoms with E-state index < -0.39 is 0 Å². The molecule has 27 heavy (non-hydrogen) atoms. The van der Waals surface area contributed by atoms with Gasteiger partial charge >= 0.3 is 0 Å². The maximum absolute atomic E-state index is 12.4. The Labute approximate surface area is 158 Å². The Morgan fingerprint density at radius 1 is 1.04 bits per heavy atom. The van der Waals surface area contributed by atoms with Crippen LogP contribution in [-0.4, -0.2) is 46.3 Å². The minimum absolute atomic E-state index is 0.0525. The van der Waals surface area contributed by atoms with Crippen molar-refractivity contribution in [2.24, 2.45) is 0 Å². The number of anilines is 2. The molecule has 7 nitrogen and oxygen atoms in total. The zero-order valence-corrected chi connectivity index (χ0v) is 15.2. The highest BCUT2D eigenvalue weighted by molar-refractivity contribution is 5.95. The molecule has 140 valence electrons. The van der Waals surface area contributed by atoms with Crippen LogP contribution in [0.25, 0.3) is 0 Å². The summed E-state index contributed by atoms with van der Waals surface area (Å²) in [5, 5.41) is 3.22. The van der Waals surface area contributed by atoms with Gasteiger partial charge in [0.25, 0.3) is 5.91 Å². The SMILES string of the molecule is O=C(c1cncc(NCc2ccc(N3CCCC3=O)cc2)n1)N1CCCC1. The summed E-state index contributed by atoms with van der Waals surface area (Å²) in [6.45, 7) is 2.96. The molecule has 7 heteroatoms. The Morgan fingerprint density at radius 2 is 1.81 bits per heavy atom. The van der Waals surface area contributed by atoms with Gasteiger partial charge in [0.1, 0.15) is 11.5 Å². The Kier molecular flexibility index (Phi) is 5.00. The van der Waals surface area contributed by atoms with E-state index in [1.165, 1.54) is 6.20 Å². The average molecular weight is 365 g/mol. The molecule has 2 fully saturated rings. The minimum Gasteiger partial charge on any atom is -0.365 e. The molecule has 0 spiro atoms. The van der Waals surface area contributed by atoms with Gasteiger partial charge in [0.2, 0.25) is 5.91 Å². The first kappa shape index (κ1) is 17.5. The van der Waals surface area contributed by atoms with Gasteiger partial charge in [-0.05, 0) is 37.0 Å². The van der Waals surface area contributed by atoms with Gasteiger partial charge in [-0.1, -0.05) is 12.1 Å². The fraction of sp³-hybridized carbons (Fsp3) is 0.400. The van der Waals surface area contributed by atoms with E-state index in [4.69, 9.17) is 0 Å². The highest BCUT2D eigenvalue weighted by Gasteiger charge is 2.22. The molecule has 2 saturated heterocycles. The summed E-state index contributed by atoms with van der Waals surface area (Å²) in [5.41, 5.74) is 2.40. The molecule has 2 amide bonds. The van der Waals surface area contributed by atoms with Crippen LogP contribution in [-0.2, 0) is 11.3 Å². The Hall–Kier alpha value is -2.96. The molecule has 4 rings (SSSR count). The number of hydrogen-bond donors (Lipinski definition) is 1. The Bertz CT molecular complexity index is 831.